The summed E-state index contributed by atoms with van der Waals surface area (Å²) in [4.78, 5) is 59.2. The maximum absolute atomic E-state index is 13.5. The average Bonchev–Trinajstić information content (AvgIpc) is 3.94. The lowest BCUT2D eigenvalue weighted by atomic mass is 10.0. The van der Waals surface area contributed by atoms with Crippen LogP contribution >= 0.6 is 0 Å². The Bertz CT molecular complexity index is 2630. The van der Waals surface area contributed by atoms with Crippen molar-refractivity contribution in [3.8, 4) is 28.5 Å². The summed E-state index contributed by atoms with van der Waals surface area (Å²) in [6.07, 6.45) is 11.5. The molecule has 362 valence electrons. The van der Waals surface area contributed by atoms with E-state index in [1.54, 1.807) is 42.5 Å². The molecular formula is C51H61N11O7. The first kappa shape index (κ1) is 47.0. The number of imide groups is 2. The number of hydrogen-bond acceptors (Lipinski definition) is 15. The Balaban J connectivity index is 0.635. The zero-order valence-corrected chi connectivity index (χ0v) is 39.2. The van der Waals surface area contributed by atoms with E-state index in [1.165, 1.54) is 43.5 Å². The highest BCUT2D eigenvalue weighted by molar-refractivity contribution is 6.24. The molecule has 3 aromatic carbocycles. The summed E-state index contributed by atoms with van der Waals surface area (Å²) in [5.41, 5.74) is 10.6. The number of nitrogens with zero attached hydrogens (tertiary/aromatic N) is 9. The van der Waals surface area contributed by atoms with Gasteiger partial charge in [-0.25, -0.2) is 0 Å². The number of nitrogen functional groups attached to an aromatic ring is 1. The third kappa shape index (κ3) is 11.0. The number of phenols is 1. The van der Waals surface area contributed by atoms with E-state index in [2.05, 4.69) is 64.8 Å². The second-order valence-electron chi connectivity index (χ2n) is 18.4. The van der Waals surface area contributed by atoms with E-state index in [1.807, 2.05) is 23.9 Å². The van der Waals surface area contributed by atoms with Gasteiger partial charge in [-0.05, 0) is 94.1 Å². The highest BCUT2D eigenvalue weighted by Gasteiger charge is 2.46. The number of nitrogens with two attached hydrogens (primary N) is 1. The number of amides is 4. The van der Waals surface area contributed by atoms with Gasteiger partial charge in [0, 0.05) is 68.7 Å². The van der Waals surface area contributed by atoms with Crippen LogP contribution in [0.15, 0.2) is 79.0 Å². The molecule has 0 radical (unpaired) electrons. The van der Waals surface area contributed by atoms with Gasteiger partial charge < -0.3 is 30.1 Å². The predicted octanol–water partition coefficient (Wildman–Crippen LogP) is 6.16. The summed E-state index contributed by atoms with van der Waals surface area (Å²) < 4.78 is 14.4. The number of nitrogens with one attached hydrogen (secondary N) is 1. The van der Waals surface area contributed by atoms with Crippen LogP contribution in [0, 0.1) is 0 Å². The molecule has 0 bridgehead atoms. The van der Waals surface area contributed by atoms with Gasteiger partial charge in [-0.1, -0.05) is 55.5 Å². The molecule has 3 saturated heterocycles. The van der Waals surface area contributed by atoms with Gasteiger partial charge in [0.05, 0.1) is 23.9 Å². The second-order valence-corrected chi connectivity index (χ2v) is 18.4. The summed E-state index contributed by atoms with van der Waals surface area (Å²) in [6, 6.07) is 21.5. The van der Waals surface area contributed by atoms with E-state index in [-0.39, 0.29) is 47.4 Å². The molecule has 4 N–H and O–H groups in total. The standard InChI is InChI=1S/C51H61N11O7/c1-34(68-44-17-11-15-39-47(44)51(67)62(50(39)66)42-22-23-46(64)53-49(42)65)41-33-61(57-55-41)26-10-6-4-2-3-5-9-24-58-27-29-59(30-28-58)35-18-20-36(21-19-35)60-25-12-13-37(32-60)69-45-31-40(54-56-48(45)52)38-14-7-8-16-43(38)63/h7-8,11,14-21,31,33-34,37,42,63H,2-6,9-10,12-13,22-30,32H2,1H3,(H2,52,56)(H,53,64,65)/t34?,37-,42?/m0/s1. The van der Waals surface area contributed by atoms with E-state index in [9.17, 15) is 24.3 Å². The number of para-hydroxylation sites is 1. The number of unbranched alkanes of at least 4 members (excludes halogenated alkanes) is 6. The van der Waals surface area contributed by atoms with E-state index >= 15 is 0 Å². The van der Waals surface area contributed by atoms with E-state index in [4.69, 9.17) is 15.2 Å². The van der Waals surface area contributed by atoms with Crippen molar-refractivity contribution in [1.29, 1.82) is 0 Å². The molecule has 6 heterocycles. The number of aromatic hydroxyl groups is 1. The molecule has 18 heteroatoms. The van der Waals surface area contributed by atoms with Crippen LogP contribution in [0.2, 0.25) is 0 Å². The molecule has 5 aromatic rings. The van der Waals surface area contributed by atoms with Crippen molar-refractivity contribution in [3.63, 3.8) is 0 Å². The van der Waals surface area contributed by atoms with Gasteiger partial charge in [-0.2, -0.15) is 0 Å². The minimum atomic E-state index is -1.05. The fourth-order valence-electron chi connectivity index (χ4n) is 9.79. The largest absolute Gasteiger partial charge is 0.507 e. The van der Waals surface area contributed by atoms with Crippen LogP contribution in [0.4, 0.5) is 17.2 Å². The van der Waals surface area contributed by atoms with Crippen LogP contribution < -0.4 is 30.3 Å². The zero-order valence-electron chi connectivity index (χ0n) is 39.2. The molecule has 2 aromatic heterocycles. The lowest BCUT2D eigenvalue weighted by molar-refractivity contribution is -0.136. The number of aromatic nitrogens is 5. The fourth-order valence-corrected chi connectivity index (χ4v) is 9.79. The normalized spacial score (nSPS) is 19.2. The molecule has 0 aliphatic carbocycles. The number of fused-ring (bicyclic) bond motifs is 1. The van der Waals surface area contributed by atoms with Crippen molar-refractivity contribution < 1.29 is 33.8 Å². The van der Waals surface area contributed by atoms with Crippen LogP contribution in [0.5, 0.6) is 17.2 Å². The van der Waals surface area contributed by atoms with Crippen molar-refractivity contribution in [2.75, 3.05) is 61.3 Å². The fraction of sp³-hybridized carbons (Fsp3) is 0.451. The molecule has 0 saturated carbocycles. The third-order valence-electron chi connectivity index (χ3n) is 13.7. The Kier molecular flexibility index (Phi) is 14.6. The van der Waals surface area contributed by atoms with Gasteiger partial charge in [0.25, 0.3) is 11.8 Å². The molecule has 9 rings (SSSR count). The number of anilines is 3. The van der Waals surface area contributed by atoms with Gasteiger partial charge in [0.15, 0.2) is 11.6 Å². The number of hydrogen-bond donors (Lipinski definition) is 3. The van der Waals surface area contributed by atoms with Crippen molar-refractivity contribution >= 4 is 40.8 Å². The summed E-state index contributed by atoms with van der Waals surface area (Å²) in [5, 5.41) is 29.4. The maximum Gasteiger partial charge on any atom is 0.266 e. The summed E-state index contributed by atoms with van der Waals surface area (Å²) in [5.74, 6) is -1.19. The van der Waals surface area contributed by atoms with Crippen molar-refractivity contribution in [1.82, 2.24) is 40.3 Å². The average molecular weight is 940 g/mol. The molecule has 3 atom stereocenters. The number of carbonyl (C=O) groups excluding carboxylic acids is 4. The highest BCUT2D eigenvalue weighted by atomic mass is 16.5. The molecule has 4 aliphatic heterocycles. The molecule has 0 spiro atoms. The number of carbonyl (C=O) groups is 4. The lowest BCUT2D eigenvalue weighted by Crippen LogP contribution is -2.54. The number of phenolic OH excluding ortho intramolecular Hbond substituents is 1. The minimum absolute atomic E-state index is 0.0524. The molecule has 4 amide bonds. The Morgan fingerprint density at radius 3 is 2.22 bits per heavy atom. The summed E-state index contributed by atoms with van der Waals surface area (Å²) in [7, 11) is 0. The first-order valence-electron chi connectivity index (χ1n) is 24.4. The number of ether oxygens (including phenoxy) is 2. The van der Waals surface area contributed by atoms with E-state index in [0.29, 0.717) is 22.7 Å². The predicted molar refractivity (Wildman–Crippen MR) is 259 cm³/mol. The Hall–Kier alpha value is -7.08. The van der Waals surface area contributed by atoms with Crippen molar-refractivity contribution in [3.05, 3.63) is 95.8 Å². The smallest absolute Gasteiger partial charge is 0.266 e. The second kappa shape index (κ2) is 21.5. The first-order chi connectivity index (χ1) is 33.6. The third-order valence-corrected chi connectivity index (χ3v) is 13.7. The number of aryl methyl sites for hydroxylation is 1. The van der Waals surface area contributed by atoms with Gasteiger partial charge in [0.1, 0.15) is 41.1 Å². The zero-order chi connectivity index (χ0) is 47.9. The Morgan fingerprint density at radius 2 is 1.46 bits per heavy atom. The molecule has 2 unspecified atom stereocenters. The number of rotatable bonds is 19. The number of piperazine rings is 1. The van der Waals surface area contributed by atoms with E-state index < -0.39 is 35.8 Å². The topological polar surface area (TPSA) is 214 Å². The van der Waals surface area contributed by atoms with Crippen LogP contribution in [0.1, 0.15) is 110 Å². The first-order valence-corrected chi connectivity index (χ1v) is 24.4. The summed E-state index contributed by atoms with van der Waals surface area (Å²) >= 11 is 0. The Labute approximate surface area is 401 Å². The lowest BCUT2D eigenvalue weighted by Gasteiger charge is -2.37. The molecular weight excluding hydrogens is 879 g/mol. The quantitative estimate of drug-likeness (QED) is 0.0624. The Morgan fingerprint density at radius 1 is 0.754 bits per heavy atom. The molecule has 18 nitrogen and oxygen atoms in total. The maximum atomic E-state index is 13.5. The molecule has 4 aliphatic rings. The number of benzene rings is 3. The van der Waals surface area contributed by atoms with Crippen LogP contribution in [-0.4, -0.2) is 122 Å². The van der Waals surface area contributed by atoms with Gasteiger partial charge in [-0.3, -0.25) is 39.0 Å². The van der Waals surface area contributed by atoms with Crippen LogP contribution in [0.25, 0.3) is 11.3 Å². The van der Waals surface area contributed by atoms with E-state index in [0.717, 1.165) is 82.9 Å². The van der Waals surface area contributed by atoms with Crippen molar-refractivity contribution in [2.24, 2.45) is 0 Å². The van der Waals surface area contributed by atoms with Crippen LogP contribution in [-0.2, 0) is 16.1 Å². The van der Waals surface area contributed by atoms with Gasteiger partial charge in [-0.15, -0.1) is 15.3 Å². The van der Waals surface area contributed by atoms with Gasteiger partial charge >= 0.3 is 0 Å². The molecule has 69 heavy (non-hydrogen) atoms. The van der Waals surface area contributed by atoms with Crippen LogP contribution in [0.3, 0.4) is 0 Å². The van der Waals surface area contributed by atoms with Crippen molar-refractivity contribution in [2.45, 2.75) is 102 Å². The monoisotopic (exact) mass is 939 g/mol. The molecule has 3 fully saturated rings. The number of piperidine rings is 2. The van der Waals surface area contributed by atoms with Gasteiger partial charge in [0.2, 0.25) is 11.8 Å². The minimum Gasteiger partial charge on any atom is -0.507 e. The SMILES string of the molecule is CC(Oc1cccc2c1C(=O)N(C1CCC(=O)NC1=O)C2=O)c1cn(CCCCCCCCCN2CCN(c3ccc(N4CCC[C@H](Oc5cc(-c6ccccc6O)nnc5N)C4)cc3)CC2)nn1. The highest BCUT2D eigenvalue weighted by Crippen LogP contribution is 2.36. The summed E-state index contributed by atoms with van der Waals surface area (Å²) in [6.45, 7) is 9.58.